The Kier molecular flexibility index (Phi) is 3.33. The third-order valence-electron chi connectivity index (χ3n) is 2.46. The van der Waals surface area contributed by atoms with Gasteiger partial charge in [-0.25, -0.2) is 0 Å². The van der Waals surface area contributed by atoms with E-state index in [1.165, 1.54) is 6.07 Å². The molecule has 94 valence electrons. The van der Waals surface area contributed by atoms with E-state index >= 15 is 0 Å². The first-order valence-electron chi connectivity index (χ1n) is 5.18. The van der Waals surface area contributed by atoms with E-state index < -0.39 is 4.92 Å². The number of rotatable bonds is 3. The van der Waals surface area contributed by atoms with Gasteiger partial charge in [-0.1, -0.05) is 0 Å². The Morgan fingerprint density at radius 2 is 2.22 bits per heavy atom. The van der Waals surface area contributed by atoms with E-state index in [-0.39, 0.29) is 5.69 Å². The topological polar surface area (TPSA) is 73.0 Å². The van der Waals surface area contributed by atoms with E-state index in [9.17, 15) is 10.1 Å². The summed E-state index contributed by atoms with van der Waals surface area (Å²) in [5.41, 5.74) is 1.44. The third kappa shape index (κ3) is 2.51. The number of nitrogens with zero attached hydrogens (tertiary/aromatic N) is 3. The number of anilines is 2. The summed E-state index contributed by atoms with van der Waals surface area (Å²) in [4.78, 5) is 10.4. The molecule has 0 amide bonds. The maximum absolute atomic E-state index is 10.8. The van der Waals surface area contributed by atoms with Crippen molar-refractivity contribution >= 4 is 33.1 Å². The fourth-order valence-electron chi connectivity index (χ4n) is 1.58. The molecule has 1 aromatic heterocycles. The summed E-state index contributed by atoms with van der Waals surface area (Å²) in [6.07, 6.45) is 1.81. The maximum atomic E-state index is 10.8. The molecule has 0 unspecified atom stereocenters. The van der Waals surface area contributed by atoms with Crippen molar-refractivity contribution in [3.63, 3.8) is 0 Å². The van der Waals surface area contributed by atoms with Gasteiger partial charge < -0.3 is 5.32 Å². The van der Waals surface area contributed by atoms with Crippen molar-refractivity contribution in [2.75, 3.05) is 5.32 Å². The van der Waals surface area contributed by atoms with Crippen LogP contribution in [0.25, 0.3) is 0 Å². The molecule has 0 aliphatic rings. The first-order chi connectivity index (χ1) is 8.47. The molecule has 0 radical (unpaired) electrons. The predicted octanol–water partition coefficient (Wildman–Crippen LogP) is 3.14. The van der Waals surface area contributed by atoms with E-state index in [1.54, 1.807) is 17.7 Å². The zero-order chi connectivity index (χ0) is 13.3. The van der Waals surface area contributed by atoms with Crippen LogP contribution >= 0.6 is 15.9 Å². The molecule has 6 nitrogen and oxygen atoms in total. The Morgan fingerprint density at radius 3 is 2.78 bits per heavy atom. The highest BCUT2D eigenvalue weighted by Crippen LogP contribution is 2.32. The smallest absolute Gasteiger partial charge is 0.273 e. The van der Waals surface area contributed by atoms with Crippen molar-refractivity contribution in [3.8, 4) is 0 Å². The second-order valence-corrected chi connectivity index (χ2v) is 4.73. The molecule has 0 saturated carbocycles. The van der Waals surface area contributed by atoms with Crippen molar-refractivity contribution < 1.29 is 4.92 Å². The monoisotopic (exact) mass is 310 g/mol. The highest BCUT2D eigenvalue weighted by Gasteiger charge is 2.14. The van der Waals surface area contributed by atoms with E-state index in [0.29, 0.717) is 15.9 Å². The Balaban J connectivity index is 2.35. The zero-order valence-electron chi connectivity index (χ0n) is 9.85. The predicted molar refractivity (Wildman–Crippen MR) is 72.0 cm³/mol. The average molecular weight is 311 g/mol. The molecule has 0 aliphatic carbocycles. The molecule has 1 N–H and O–H groups in total. The Labute approximate surface area is 112 Å². The number of hydrogen-bond donors (Lipinski definition) is 1. The van der Waals surface area contributed by atoms with Gasteiger partial charge in [-0.2, -0.15) is 5.10 Å². The van der Waals surface area contributed by atoms with Crippen molar-refractivity contribution in [2.24, 2.45) is 7.05 Å². The summed E-state index contributed by atoms with van der Waals surface area (Å²) in [6.45, 7) is 1.70. The lowest BCUT2D eigenvalue weighted by atomic mass is 10.2. The van der Waals surface area contributed by atoms with Crippen LogP contribution in [0.2, 0.25) is 0 Å². The molecule has 18 heavy (non-hydrogen) atoms. The number of nitrogens with one attached hydrogen (secondary N) is 1. The normalized spacial score (nSPS) is 10.4. The molecule has 0 spiro atoms. The van der Waals surface area contributed by atoms with Crippen LogP contribution in [0.5, 0.6) is 0 Å². The van der Waals surface area contributed by atoms with Crippen LogP contribution in [0.15, 0.2) is 28.9 Å². The maximum Gasteiger partial charge on any atom is 0.273 e. The van der Waals surface area contributed by atoms with E-state index in [0.717, 1.165) is 5.69 Å². The minimum Gasteiger partial charge on any atom is -0.338 e. The average Bonchev–Trinajstić information content (AvgIpc) is 2.68. The molecule has 0 saturated heterocycles. The van der Waals surface area contributed by atoms with E-state index in [4.69, 9.17) is 0 Å². The molecule has 1 heterocycles. The zero-order valence-corrected chi connectivity index (χ0v) is 11.4. The highest BCUT2D eigenvalue weighted by molar-refractivity contribution is 9.10. The van der Waals surface area contributed by atoms with Gasteiger partial charge in [-0.05, 0) is 28.9 Å². The van der Waals surface area contributed by atoms with Gasteiger partial charge in [0.15, 0.2) is 5.82 Å². The van der Waals surface area contributed by atoms with Gasteiger partial charge in [0.25, 0.3) is 5.69 Å². The summed E-state index contributed by atoms with van der Waals surface area (Å²) in [6, 6.07) is 5.03. The molecular formula is C11H11BrN4O2. The Hall–Kier alpha value is -1.89. The van der Waals surface area contributed by atoms with Crippen molar-refractivity contribution in [1.82, 2.24) is 9.78 Å². The fraction of sp³-hybridized carbons (Fsp3) is 0.182. The first-order valence-corrected chi connectivity index (χ1v) is 5.98. The molecule has 2 rings (SSSR count). The van der Waals surface area contributed by atoms with Gasteiger partial charge >= 0.3 is 0 Å². The highest BCUT2D eigenvalue weighted by atomic mass is 79.9. The lowest BCUT2D eigenvalue weighted by Crippen LogP contribution is -1.97. The van der Waals surface area contributed by atoms with Crippen LogP contribution < -0.4 is 5.32 Å². The molecular weight excluding hydrogens is 300 g/mol. The quantitative estimate of drug-likeness (QED) is 0.698. The van der Waals surface area contributed by atoms with Crippen LogP contribution in [0.3, 0.4) is 0 Å². The lowest BCUT2D eigenvalue weighted by molar-refractivity contribution is -0.385. The lowest BCUT2D eigenvalue weighted by Gasteiger charge is -2.07. The van der Waals surface area contributed by atoms with Gasteiger partial charge in [-0.15, -0.1) is 0 Å². The van der Waals surface area contributed by atoms with E-state index in [2.05, 4.69) is 26.3 Å². The number of halogens is 1. The number of benzene rings is 1. The van der Waals surface area contributed by atoms with Gasteiger partial charge in [0, 0.05) is 35.4 Å². The number of nitro groups is 1. The summed E-state index contributed by atoms with van der Waals surface area (Å²) < 4.78 is 2.31. The Morgan fingerprint density at radius 1 is 1.50 bits per heavy atom. The second-order valence-electron chi connectivity index (χ2n) is 3.88. The SMILES string of the molecule is Cc1cc(Nc2ccn(C)n2)c(Br)cc1[N+](=O)[O-]. The third-order valence-corrected chi connectivity index (χ3v) is 3.11. The number of aromatic nitrogens is 2. The van der Waals surface area contributed by atoms with Crippen molar-refractivity contribution in [3.05, 3.63) is 44.5 Å². The van der Waals surface area contributed by atoms with Gasteiger partial charge in [0.2, 0.25) is 0 Å². The summed E-state index contributed by atoms with van der Waals surface area (Å²) in [7, 11) is 1.82. The van der Waals surface area contributed by atoms with Crippen molar-refractivity contribution in [2.45, 2.75) is 6.92 Å². The summed E-state index contributed by atoms with van der Waals surface area (Å²) in [5, 5.41) is 18.1. The standard InChI is InChI=1S/C11H11BrN4O2/c1-7-5-9(8(12)6-10(7)16(17)18)13-11-3-4-15(2)14-11/h3-6H,1-2H3,(H,13,14). The second kappa shape index (κ2) is 4.77. The molecule has 0 atom stereocenters. The van der Waals surface area contributed by atoms with Gasteiger partial charge in [0.05, 0.1) is 10.6 Å². The molecule has 2 aromatic rings. The largest absolute Gasteiger partial charge is 0.338 e. The summed E-state index contributed by atoms with van der Waals surface area (Å²) in [5.74, 6) is 0.687. The van der Waals surface area contributed by atoms with Crippen molar-refractivity contribution in [1.29, 1.82) is 0 Å². The molecule has 0 bridgehead atoms. The van der Waals surface area contributed by atoms with Gasteiger partial charge in [-0.3, -0.25) is 14.8 Å². The minimum absolute atomic E-state index is 0.0912. The van der Waals surface area contributed by atoms with Crippen LogP contribution in [0, 0.1) is 17.0 Å². The van der Waals surface area contributed by atoms with Gasteiger partial charge in [0.1, 0.15) is 0 Å². The first kappa shape index (κ1) is 12.6. The number of aryl methyl sites for hydroxylation is 2. The summed E-state index contributed by atoms with van der Waals surface area (Å²) >= 11 is 3.31. The Bertz CT molecular complexity index is 609. The van der Waals surface area contributed by atoms with E-state index in [1.807, 2.05) is 19.3 Å². The molecule has 0 aliphatic heterocycles. The molecule has 1 aromatic carbocycles. The van der Waals surface area contributed by atoms with Crippen LogP contribution in [0.1, 0.15) is 5.56 Å². The van der Waals surface area contributed by atoms with Crippen LogP contribution in [-0.4, -0.2) is 14.7 Å². The molecule has 0 fully saturated rings. The number of hydrogen-bond acceptors (Lipinski definition) is 4. The molecule has 7 heteroatoms. The van der Waals surface area contributed by atoms with Crippen LogP contribution in [0.4, 0.5) is 17.2 Å². The van der Waals surface area contributed by atoms with Crippen LogP contribution in [-0.2, 0) is 7.05 Å². The number of nitro benzene ring substituents is 1. The minimum atomic E-state index is -0.398. The fourth-order valence-corrected chi connectivity index (χ4v) is 2.01.